The van der Waals surface area contributed by atoms with E-state index in [-0.39, 0.29) is 6.04 Å². The number of hydrogen-bond acceptors (Lipinski definition) is 3. The molecular formula is C12H19F3N4. The van der Waals surface area contributed by atoms with Gasteiger partial charge < -0.3 is 9.88 Å². The molecule has 4 nitrogen and oxygen atoms in total. The van der Waals surface area contributed by atoms with Gasteiger partial charge >= 0.3 is 6.18 Å². The van der Waals surface area contributed by atoms with Crippen molar-refractivity contribution in [1.82, 2.24) is 20.1 Å². The molecular weight excluding hydrogens is 257 g/mol. The van der Waals surface area contributed by atoms with Crippen molar-refractivity contribution >= 4 is 0 Å². The summed E-state index contributed by atoms with van der Waals surface area (Å²) in [7, 11) is 0. The van der Waals surface area contributed by atoms with Crippen LogP contribution in [0.15, 0.2) is 0 Å². The molecule has 1 N–H and O–H groups in total. The van der Waals surface area contributed by atoms with Crippen LogP contribution in [0.2, 0.25) is 0 Å². The second kappa shape index (κ2) is 5.48. The summed E-state index contributed by atoms with van der Waals surface area (Å²) in [5.41, 5.74) is 0. The van der Waals surface area contributed by atoms with Crippen molar-refractivity contribution in [2.24, 2.45) is 0 Å². The highest BCUT2D eigenvalue weighted by atomic mass is 19.4. The Balaban J connectivity index is 2.00. The summed E-state index contributed by atoms with van der Waals surface area (Å²) < 4.78 is 38.9. The van der Waals surface area contributed by atoms with Crippen LogP contribution in [0.25, 0.3) is 0 Å². The summed E-state index contributed by atoms with van der Waals surface area (Å²) >= 11 is 0. The third kappa shape index (κ3) is 3.68. The van der Waals surface area contributed by atoms with Crippen molar-refractivity contribution in [2.75, 3.05) is 0 Å². The van der Waals surface area contributed by atoms with Crippen molar-refractivity contribution in [1.29, 1.82) is 0 Å². The zero-order valence-corrected chi connectivity index (χ0v) is 11.2. The zero-order chi connectivity index (χ0) is 14.0. The van der Waals surface area contributed by atoms with Crippen molar-refractivity contribution in [2.45, 2.75) is 64.3 Å². The molecule has 0 aliphatic carbocycles. The van der Waals surface area contributed by atoms with Crippen molar-refractivity contribution in [3.63, 3.8) is 0 Å². The number of hydrogen-bond donors (Lipinski definition) is 1. The Morgan fingerprint density at radius 3 is 2.68 bits per heavy atom. The fraction of sp³-hybridized carbons (Fsp3) is 0.833. The molecule has 1 aliphatic heterocycles. The molecule has 19 heavy (non-hydrogen) atoms. The number of alkyl halides is 3. The van der Waals surface area contributed by atoms with E-state index >= 15 is 0 Å². The van der Waals surface area contributed by atoms with E-state index in [1.807, 2.05) is 11.5 Å². The van der Waals surface area contributed by atoms with Crippen LogP contribution in [0.5, 0.6) is 0 Å². The predicted octanol–water partition coefficient (Wildman–Crippen LogP) is 2.61. The molecule has 0 fully saturated rings. The maximum absolute atomic E-state index is 12.3. The van der Waals surface area contributed by atoms with Gasteiger partial charge in [-0.05, 0) is 26.7 Å². The van der Waals surface area contributed by atoms with Gasteiger partial charge in [0.05, 0.1) is 12.5 Å². The van der Waals surface area contributed by atoms with Gasteiger partial charge in [-0.25, -0.2) is 0 Å². The molecule has 0 spiro atoms. The number of nitrogens with zero attached hydrogens (tertiary/aromatic N) is 3. The van der Waals surface area contributed by atoms with Crippen LogP contribution >= 0.6 is 0 Å². The third-order valence-electron chi connectivity index (χ3n) is 3.35. The fourth-order valence-electron chi connectivity index (χ4n) is 2.56. The molecule has 2 heterocycles. The molecule has 0 saturated carbocycles. The van der Waals surface area contributed by atoms with E-state index in [1.165, 1.54) is 6.92 Å². The van der Waals surface area contributed by atoms with E-state index in [0.29, 0.717) is 0 Å². The van der Waals surface area contributed by atoms with Crippen LogP contribution in [0, 0.1) is 0 Å². The SMILES string of the molecule is C[C@H](CC(F)(F)F)N[C@@H](C)c1nnc2n1CCCC2. The predicted molar refractivity (Wildman–Crippen MR) is 64.6 cm³/mol. The average Bonchev–Trinajstić information content (AvgIpc) is 2.69. The highest BCUT2D eigenvalue weighted by Crippen LogP contribution is 2.23. The minimum absolute atomic E-state index is 0.225. The maximum atomic E-state index is 12.3. The largest absolute Gasteiger partial charge is 0.390 e. The number of aryl methyl sites for hydroxylation is 1. The van der Waals surface area contributed by atoms with Crippen molar-refractivity contribution in [3.05, 3.63) is 11.6 Å². The van der Waals surface area contributed by atoms with Gasteiger partial charge in [0.25, 0.3) is 0 Å². The summed E-state index contributed by atoms with van der Waals surface area (Å²) in [6.45, 7) is 4.23. The molecule has 0 saturated heterocycles. The first kappa shape index (κ1) is 14.3. The van der Waals surface area contributed by atoms with Gasteiger partial charge in [0.15, 0.2) is 0 Å². The number of aromatic nitrogens is 3. The number of fused-ring (bicyclic) bond motifs is 1. The molecule has 0 amide bonds. The maximum Gasteiger partial charge on any atom is 0.390 e. The normalized spacial score (nSPS) is 19.0. The fourth-order valence-corrected chi connectivity index (χ4v) is 2.56. The van der Waals surface area contributed by atoms with Gasteiger partial charge in [0.2, 0.25) is 0 Å². The molecule has 7 heteroatoms. The van der Waals surface area contributed by atoms with Crippen molar-refractivity contribution < 1.29 is 13.2 Å². The number of rotatable bonds is 4. The van der Waals surface area contributed by atoms with Gasteiger partial charge in [0, 0.05) is 19.0 Å². The molecule has 1 aromatic heterocycles. The van der Waals surface area contributed by atoms with Gasteiger partial charge in [-0.3, -0.25) is 0 Å². The van der Waals surface area contributed by atoms with Gasteiger partial charge in [0.1, 0.15) is 11.6 Å². The summed E-state index contributed by atoms with van der Waals surface area (Å²) in [5.74, 6) is 1.68. The van der Waals surface area contributed by atoms with Crippen LogP contribution in [0.4, 0.5) is 13.2 Å². The van der Waals surface area contributed by atoms with E-state index in [9.17, 15) is 13.2 Å². The lowest BCUT2D eigenvalue weighted by molar-refractivity contribution is -0.139. The van der Waals surface area contributed by atoms with Gasteiger partial charge in [-0.1, -0.05) is 0 Å². The van der Waals surface area contributed by atoms with Gasteiger partial charge in [-0.15, -0.1) is 10.2 Å². The van der Waals surface area contributed by atoms with E-state index in [2.05, 4.69) is 15.5 Å². The molecule has 108 valence electrons. The van der Waals surface area contributed by atoms with Crippen LogP contribution in [0.1, 0.15) is 50.8 Å². The third-order valence-corrected chi connectivity index (χ3v) is 3.35. The zero-order valence-electron chi connectivity index (χ0n) is 11.2. The Bertz CT molecular complexity index is 427. The van der Waals surface area contributed by atoms with E-state index < -0.39 is 18.6 Å². The second-order valence-corrected chi connectivity index (χ2v) is 5.19. The Morgan fingerprint density at radius 2 is 2.00 bits per heavy atom. The van der Waals surface area contributed by atoms with Crippen LogP contribution < -0.4 is 5.32 Å². The summed E-state index contributed by atoms with van der Waals surface area (Å²) in [5, 5.41) is 11.2. The number of halogens is 3. The van der Waals surface area contributed by atoms with Crippen LogP contribution in [-0.2, 0) is 13.0 Å². The smallest absolute Gasteiger partial charge is 0.314 e. The molecule has 2 rings (SSSR count). The summed E-state index contributed by atoms with van der Waals surface area (Å²) in [6, 6.07) is -0.858. The Hall–Kier alpha value is -1.11. The standard InChI is InChI=1S/C12H19F3N4/c1-8(7-12(13,14)15)16-9(2)11-18-17-10-5-3-4-6-19(10)11/h8-9,16H,3-7H2,1-2H3/t8-,9+/m1/s1. The summed E-state index contributed by atoms with van der Waals surface area (Å²) in [4.78, 5) is 0. The minimum atomic E-state index is -4.14. The van der Waals surface area contributed by atoms with Crippen LogP contribution in [-0.4, -0.2) is 27.0 Å². The highest BCUT2D eigenvalue weighted by Gasteiger charge is 2.31. The first-order valence-corrected chi connectivity index (χ1v) is 6.61. The molecule has 0 aromatic carbocycles. The average molecular weight is 276 g/mol. The molecule has 1 aliphatic rings. The molecule has 0 bridgehead atoms. The Labute approximate surface area is 110 Å². The lowest BCUT2D eigenvalue weighted by atomic mass is 10.1. The van der Waals surface area contributed by atoms with Gasteiger partial charge in [-0.2, -0.15) is 13.2 Å². The minimum Gasteiger partial charge on any atom is -0.314 e. The topological polar surface area (TPSA) is 42.7 Å². The second-order valence-electron chi connectivity index (χ2n) is 5.19. The first-order chi connectivity index (χ1) is 8.87. The molecule has 2 atom stereocenters. The van der Waals surface area contributed by atoms with E-state index in [0.717, 1.165) is 37.5 Å². The quantitative estimate of drug-likeness (QED) is 0.919. The Kier molecular flexibility index (Phi) is 4.13. The Morgan fingerprint density at radius 1 is 1.26 bits per heavy atom. The number of nitrogens with one attached hydrogen (secondary N) is 1. The first-order valence-electron chi connectivity index (χ1n) is 6.61. The summed E-state index contributed by atoms with van der Waals surface area (Å²) in [6.07, 6.45) is -1.90. The molecule has 0 unspecified atom stereocenters. The van der Waals surface area contributed by atoms with E-state index in [4.69, 9.17) is 0 Å². The highest BCUT2D eigenvalue weighted by molar-refractivity contribution is 5.03. The van der Waals surface area contributed by atoms with Crippen molar-refractivity contribution in [3.8, 4) is 0 Å². The lowest BCUT2D eigenvalue weighted by Crippen LogP contribution is -2.34. The molecule has 1 aromatic rings. The van der Waals surface area contributed by atoms with Crippen LogP contribution in [0.3, 0.4) is 0 Å². The van der Waals surface area contributed by atoms with E-state index in [1.54, 1.807) is 0 Å². The molecule has 0 radical (unpaired) electrons. The monoisotopic (exact) mass is 276 g/mol. The lowest BCUT2D eigenvalue weighted by Gasteiger charge is -2.22.